The van der Waals surface area contributed by atoms with Crippen molar-refractivity contribution < 1.29 is 4.43 Å². The predicted octanol–water partition coefficient (Wildman–Crippen LogP) is 5.18. The van der Waals surface area contributed by atoms with Gasteiger partial charge in [0.25, 0.3) is 0 Å². The standard InChI is InChI=1S/C14H27BrOSi/c1-16-17(12-15,13-8-4-2-5-9-13)14-10-6-3-7-11-14/h13-14H,2-12H2,1H3. The van der Waals surface area contributed by atoms with Crippen LogP contribution in [0.5, 0.6) is 0 Å². The minimum atomic E-state index is -1.53. The third-order valence-corrected chi connectivity index (χ3v) is 12.9. The van der Waals surface area contributed by atoms with Crippen LogP contribution in [0.25, 0.3) is 0 Å². The average Bonchev–Trinajstić information content (AvgIpc) is 2.43. The highest BCUT2D eigenvalue weighted by Gasteiger charge is 2.48. The highest BCUT2D eigenvalue weighted by molar-refractivity contribution is 9.09. The summed E-state index contributed by atoms with van der Waals surface area (Å²) in [6.07, 6.45) is 14.5. The molecule has 17 heavy (non-hydrogen) atoms. The van der Waals surface area contributed by atoms with Gasteiger partial charge in [0.05, 0.1) is 0 Å². The van der Waals surface area contributed by atoms with Crippen LogP contribution in [0.4, 0.5) is 0 Å². The van der Waals surface area contributed by atoms with Crippen molar-refractivity contribution in [3.05, 3.63) is 0 Å². The molecule has 0 aromatic rings. The van der Waals surface area contributed by atoms with Crippen molar-refractivity contribution >= 4 is 24.2 Å². The van der Waals surface area contributed by atoms with Crippen molar-refractivity contribution in [2.45, 2.75) is 75.3 Å². The van der Waals surface area contributed by atoms with Gasteiger partial charge < -0.3 is 4.43 Å². The lowest BCUT2D eigenvalue weighted by atomic mass is 9.99. The molecule has 2 rings (SSSR count). The Hall–Kier alpha value is 0.657. The van der Waals surface area contributed by atoms with Gasteiger partial charge in [0.15, 0.2) is 0 Å². The van der Waals surface area contributed by atoms with Crippen molar-refractivity contribution in [2.75, 3.05) is 12.1 Å². The van der Waals surface area contributed by atoms with E-state index in [1.165, 1.54) is 69.2 Å². The third-order valence-electron chi connectivity index (χ3n) is 5.18. The fraction of sp³-hybridized carbons (Fsp3) is 1.00. The van der Waals surface area contributed by atoms with Crippen LogP contribution in [0.3, 0.4) is 0 Å². The molecule has 2 fully saturated rings. The second-order valence-electron chi connectivity index (χ2n) is 5.96. The SMILES string of the molecule is CO[Si](CBr)(C1CCCCC1)C1CCCCC1. The zero-order valence-corrected chi connectivity index (χ0v) is 13.8. The molecule has 0 spiro atoms. The maximum atomic E-state index is 6.26. The lowest BCUT2D eigenvalue weighted by molar-refractivity contribution is 0.323. The molecule has 0 radical (unpaired) electrons. The quantitative estimate of drug-likeness (QED) is 0.512. The van der Waals surface area contributed by atoms with Crippen molar-refractivity contribution in [3.8, 4) is 0 Å². The van der Waals surface area contributed by atoms with Crippen LogP contribution in [-0.4, -0.2) is 20.4 Å². The summed E-state index contributed by atoms with van der Waals surface area (Å²) >= 11 is 3.84. The smallest absolute Gasteiger partial charge is 0.208 e. The summed E-state index contributed by atoms with van der Waals surface area (Å²) in [6.45, 7) is 0. The molecular weight excluding hydrogens is 292 g/mol. The number of rotatable bonds is 4. The second-order valence-corrected chi connectivity index (χ2v) is 11.9. The highest BCUT2D eigenvalue weighted by Crippen LogP contribution is 2.48. The summed E-state index contributed by atoms with van der Waals surface area (Å²) in [7, 11) is 0.486. The van der Waals surface area contributed by atoms with E-state index < -0.39 is 8.32 Å². The van der Waals surface area contributed by atoms with Crippen LogP contribution in [0.1, 0.15) is 64.2 Å². The van der Waals surface area contributed by atoms with Crippen molar-refractivity contribution in [1.82, 2.24) is 0 Å². The molecule has 0 aliphatic heterocycles. The highest BCUT2D eigenvalue weighted by atomic mass is 79.9. The van der Waals surface area contributed by atoms with Gasteiger partial charge in [-0.05, 0) is 11.1 Å². The van der Waals surface area contributed by atoms with Gasteiger partial charge in [-0.3, -0.25) is 0 Å². The Labute approximate surface area is 116 Å². The molecule has 0 amide bonds. The summed E-state index contributed by atoms with van der Waals surface area (Å²) in [4.78, 5) is 1.17. The van der Waals surface area contributed by atoms with E-state index in [0.29, 0.717) is 0 Å². The van der Waals surface area contributed by atoms with Gasteiger partial charge in [0.2, 0.25) is 8.32 Å². The van der Waals surface area contributed by atoms with Gasteiger partial charge in [0, 0.05) is 12.1 Å². The fourth-order valence-electron chi connectivity index (χ4n) is 4.12. The van der Waals surface area contributed by atoms with Crippen molar-refractivity contribution in [2.24, 2.45) is 0 Å². The number of alkyl halides is 1. The maximum Gasteiger partial charge on any atom is 0.208 e. The first-order valence-corrected chi connectivity index (χ1v) is 10.8. The van der Waals surface area contributed by atoms with Crippen LogP contribution in [-0.2, 0) is 4.43 Å². The van der Waals surface area contributed by atoms with Gasteiger partial charge in [-0.1, -0.05) is 80.1 Å². The Balaban J connectivity index is 2.10. The average molecular weight is 319 g/mol. The Morgan fingerprint density at radius 1 is 0.882 bits per heavy atom. The summed E-state index contributed by atoms with van der Waals surface area (Å²) < 4.78 is 6.26. The maximum absolute atomic E-state index is 6.26. The molecule has 0 heterocycles. The molecule has 0 atom stereocenters. The molecule has 0 aromatic carbocycles. The zero-order valence-electron chi connectivity index (χ0n) is 11.2. The first-order valence-electron chi connectivity index (χ1n) is 7.44. The fourth-order valence-corrected chi connectivity index (χ4v) is 12.2. The van der Waals surface area contributed by atoms with Gasteiger partial charge in [-0.25, -0.2) is 0 Å². The molecule has 0 N–H and O–H groups in total. The third kappa shape index (κ3) is 2.98. The molecule has 0 bridgehead atoms. The van der Waals surface area contributed by atoms with E-state index >= 15 is 0 Å². The largest absolute Gasteiger partial charge is 0.419 e. The zero-order chi connectivity index (χ0) is 12.1. The molecule has 3 heteroatoms. The van der Waals surface area contributed by atoms with E-state index in [4.69, 9.17) is 4.43 Å². The second kappa shape index (κ2) is 6.72. The molecular formula is C14H27BrOSi. The van der Waals surface area contributed by atoms with E-state index in [2.05, 4.69) is 15.9 Å². The summed E-state index contributed by atoms with van der Waals surface area (Å²) in [6, 6.07) is 0. The van der Waals surface area contributed by atoms with Crippen LogP contribution in [0.15, 0.2) is 0 Å². The molecule has 1 nitrogen and oxygen atoms in total. The van der Waals surface area contributed by atoms with E-state index in [-0.39, 0.29) is 0 Å². The van der Waals surface area contributed by atoms with E-state index in [9.17, 15) is 0 Å². The minimum Gasteiger partial charge on any atom is -0.419 e. The van der Waals surface area contributed by atoms with Crippen LogP contribution in [0.2, 0.25) is 11.1 Å². The normalized spacial score (nSPS) is 25.1. The minimum absolute atomic E-state index is 0.934. The molecule has 0 saturated heterocycles. The topological polar surface area (TPSA) is 9.23 Å². The Morgan fingerprint density at radius 2 is 1.29 bits per heavy atom. The summed E-state index contributed by atoms with van der Waals surface area (Å²) in [5.74, 6) is 0. The molecule has 0 unspecified atom stereocenters. The lowest BCUT2D eigenvalue weighted by Crippen LogP contribution is -2.50. The van der Waals surface area contributed by atoms with Gasteiger partial charge in [-0.2, -0.15) is 0 Å². The number of halogens is 1. The molecule has 0 aromatic heterocycles. The summed E-state index contributed by atoms with van der Waals surface area (Å²) in [5, 5.41) is 0. The first-order chi connectivity index (χ1) is 8.33. The molecule has 2 aliphatic rings. The van der Waals surface area contributed by atoms with Gasteiger partial charge in [-0.15, -0.1) is 0 Å². The van der Waals surface area contributed by atoms with Crippen LogP contribution < -0.4 is 0 Å². The van der Waals surface area contributed by atoms with Crippen LogP contribution >= 0.6 is 15.9 Å². The van der Waals surface area contributed by atoms with Gasteiger partial charge in [0.1, 0.15) is 0 Å². The van der Waals surface area contributed by atoms with Crippen LogP contribution in [0, 0.1) is 0 Å². The molecule has 2 aliphatic carbocycles. The number of hydrogen-bond donors (Lipinski definition) is 0. The predicted molar refractivity (Wildman–Crippen MR) is 80.2 cm³/mol. The first kappa shape index (κ1) is 14.1. The van der Waals surface area contributed by atoms with E-state index in [1.54, 1.807) is 0 Å². The monoisotopic (exact) mass is 318 g/mol. The number of hydrogen-bond acceptors (Lipinski definition) is 1. The Morgan fingerprint density at radius 3 is 1.59 bits per heavy atom. The molecule has 100 valence electrons. The van der Waals surface area contributed by atoms with Gasteiger partial charge >= 0.3 is 0 Å². The molecule has 2 saturated carbocycles. The van der Waals surface area contributed by atoms with Crippen molar-refractivity contribution in [1.29, 1.82) is 0 Å². The Bertz CT molecular complexity index is 198. The summed E-state index contributed by atoms with van der Waals surface area (Å²) in [5.41, 5.74) is 1.87. The Kier molecular flexibility index (Phi) is 5.56. The van der Waals surface area contributed by atoms with E-state index in [0.717, 1.165) is 11.1 Å². The van der Waals surface area contributed by atoms with Crippen molar-refractivity contribution in [3.63, 3.8) is 0 Å². The lowest BCUT2D eigenvalue weighted by Gasteiger charge is -2.45. The van der Waals surface area contributed by atoms with E-state index in [1.807, 2.05) is 7.11 Å².